The largest absolute Gasteiger partial charge is 0.468 e. The smallest absolute Gasteiger partial charge is 0.316 e. The Labute approximate surface area is 143 Å². The Morgan fingerprint density at radius 3 is 3.00 bits per heavy atom. The number of ether oxygens (including phenoxy) is 1. The molecule has 1 aliphatic carbocycles. The fourth-order valence-electron chi connectivity index (χ4n) is 2.81. The zero-order valence-corrected chi connectivity index (χ0v) is 14.4. The number of rotatable bonds is 4. The Kier molecular flexibility index (Phi) is 4.99. The topological polar surface area (TPSA) is 63.0 Å². The number of thiophene rings is 1. The maximum atomic E-state index is 11.4. The van der Waals surface area contributed by atoms with Gasteiger partial charge in [0.25, 0.3) is 0 Å². The van der Waals surface area contributed by atoms with Crippen LogP contribution in [0.15, 0.2) is 22.5 Å². The van der Waals surface area contributed by atoms with Crippen molar-refractivity contribution in [3.63, 3.8) is 0 Å². The molecule has 0 aromatic carbocycles. The first-order chi connectivity index (χ1) is 11.2. The molecule has 1 aliphatic rings. The van der Waals surface area contributed by atoms with Crippen molar-refractivity contribution >= 4 is 29.1 Å². The molecule has 3 rings (SSSR count). The van der Waals surface area contributed by atoms with Crippen LogP contribution in [0.25, 0.3) is 10.4 Å². The van der Waals surface area contributed by atoms with Crippen molar-refractivity contribution in [2.24, 2.45) is 0 Å². The van der Waals surface area contributed by atoms with Gasteiger partial charge in [-0.25, -0.2) is 4.98 Å². The highest BCUT2D eigenvalue weighted by molar-refractivity contribution is 7.99. The average Bonchev–Trinajstić information content (AvgIpc) is 3.12. The molecule has 0 saturated carbocycles. The number of pyridine rings is 1. The van der Waals surface area contributed by atoms with Crippen LogP contribution in [0, 0.1) is 11.3 Å². The fraction of sp³-hybridized carbons (Fsp3) is 0.353. The van der Waals surface area contributed by atoms with Gasteiger partial charge in [0.15, 0.2) is 0 Å². The molecule has 2 heterocycles. The van der Waals surface area contributed by atoms with E-state index in [0.717, 1.165) is 41.8 Å². The van der Waals surface area contributed by atoms with Crippen LogP contribution in [-0.4, -0.2) is 23.8 Å². The van der Waals surface area contributed by atoms with E-state index in [1.165, 1.54) is 24.4 Å². The van der Waals surface area contributed by atoms with E-state index in [0.29, 0.717) is 10.6 Å². The van der Waals surface area contributed by atoms with Crippen molar-refractivity contribution in [2.45, 2.75) is 30.7 Å². The molecule has 6 heteroatoms. The van der Waals surface area contributed by atoms with Crippen molar-refractivity contribution in [3.05, 3.63) is 34.3 Å². The quantitative estimate of drug-likeness (QED) is 0.623. The van der Waals surface area contributed by atoms with E-state index < -0.39 is 0 Å². The number of hydrogen-bond acceptors (Lipinski definition) is 6. The maximum absolute atomic E-state index is 11.4. The number of nitriles is 1. The summed E-state index contributed by atoms with van der Waals surface area (Å²) >= 11 is 2.92. The lowest BCUT2D eigenvalue weighted by Gasteiger charge is -2.21. The second-order valence-corrected chi connectivity index (χ2v) is 7.16. The Morgan fingerprint density at radius 1 is 1.48 bits per heavy atom. The summed E-state index contributed by atoms with van der Waals surface area (Å²) in [7, 11) is 1.37. The zero-order valence-electron chi connectivity index (χ0n) is 12.8. The predicted molar refractivity (Wildman–Crippen MR) is 91.6 cm³/mol. The molecule has 0 aliphatic heterocycles. The van der Waals surface area contributed by atoms with Crippen LogP contribution in [-0.2, 0) is 22.4 Å². The van der Waals surface area contributed by atoms with Crippen LogP contribution >= 0.6 is 23.1 Å². The van der Waals surface area contributed by atoms with Gasteiger partial charge >= 0.3 is 5.97 Å². The van der Waals surface area contributed by atoms with Gasteiger partial charge in [0, 0.05) is 16.1 Å². The molecule has 0 atom stereocenters. The molecule has 0 radical (unpaired) electrons. The summed E-state index contributed by atoms with van der Waals surface area (Å²) in [5.74, 6) is -0.142. The van der Waals surface area contributed by atoms with Crippen LogP contribution in [0.5, 0.6) is 0 Å². The predicted octanol–water partition coefficient (Wildman–Crippen LogP) is 3.83. The zero-order chi connectivity index (χ0) is 16.2. The number of esters is 1. The molecule has 2 aromatic rings. The molecular weight excluding hydrogens is 328 g/mol. The number of aryl methyl sites for hydroxylation is 1. The maximum Gasteiger partial charge on any atom is 0.316 e. The summed E-state index contributed by atoms with van der Waals surface area (Å²) in [4.78, 5) is 17.2. The highest BCUT2D eigenvalue weighted by Crippen LogP contribution is 2.39. The SMILES string of the molecule is COC(=O)CSc1nc2c(c(-c3cccs3)c1C#N)CCCC2. The molecular formula is C17H16N2O2S2. The Hall–Kier alpha value is -1.84. The first-order valence-electron chi connectivity index (χ1n) is 7.44. The van der Waals surface area contributed by atoms with Crippen LogP contribution in [0.3, 0.4) is 0 Å². The number of methoxy groups -OCH3 is 1. The van der Waals surface area contributed by atoms with Gasteiger partial charge in [-0.15, -0.1) is 11.3 Å². The number of fused-ring (bicyclic) bond motifs is 1. The highest BCUT2D eigenvalue weighted by Gasteiger charge is 2.24. The minimum atomic E-state index is -0.309. The normalized spacial score (nSPS) is 13.2. The molecule has 0 saturated heterocycles. The molecule has 0 N–H and O–H groups in total. The van der Waals surface area contributed by atoms with Crippen LogP contribution < -0.4 is 0 Å². The van der Waals surface area contributed by atoms with Gasteiger partial charge in [-0.1, -0.05) is 17.8 Å². The molecule has 0 spiro atoms. The van der Waals surface area contributed by atoms with Gasteiger partial charge in [-0.05, 0) is 42.7 Å². The van der Waals surface area contributed by atoms with E-state index in [2.05, 4.69) is 6.07 Å². The number of aromatic nitrogens is 1. The number of nitrogens with zero attached hydrogens (tertiary/aromatic N) is 2. The first-order valence-corrected chi connectivity index (χ1v) is 9.30. The second-order valence-electron chi connectivity index (χ2n) is 5.25. The minimum Gasteiger partial charge on any atom is -0.468 e. The van der Waals surface area contributed by atoms with Gasteiger partial charge in [-0.2, -0.15) is 5.26 Å². The third kappa shape index (κ3) is 3.26. The Morgan fingerprint density at radius 2 is 2.30 bits per heavy atom. The second kappa shape index (κ2) is 7.16. The summed E-state index contributed by atoms with van der Waals surface area (Å²) in [6.07, 6.45) is 4.15. The Bertz CT molecular complexity index is 764. The molecule has 23 heavy (non-hydrogen) atoms. The lowest BCUT2D eigenvalue weighted by Crippen LogP contribution is -2.11. The Balaban J connectivity index is 2.12. The standard InChI is InChI=1S/C17H16N2O2S2/c1-21-15(20)10-23-17-12(9-18)16(14-7-4-8-22-14)11-5-2-3-6-13(11)19-17/h4,7-8H,2-3,5-6,10H2,1H3. The number of hydrogen-bond donors (Lipinski definition) is 0. The average molecular weight is 344 g/mol. The van der Waals surface area contributed by atoms with Crippen molar-refractivity contribution in [2.75, 3.05) is 12.9 Å². The summed E-state index contributed by atoms with van der Waals surface area (Å²) < 4.78 is 4.69. The lowest BCUT2D eigenvalue weighted by molar-refractivity contribution is -0.137. The molecule has 2 aromatic heterocycles. The van der Waals surface area contributed by atoms with E-state index in [1.54, 1.807) is 11.3 Å². The van der Waals surface area contributed by atoms with Gasteiger partial charge < -0.3 is 4.74 Å². The van der Waals surface area contributed by atoms with Crippen molar-refractivity contribution in [1.82, 2.24) is 4.98 Å². The third-order valence-corrected chi connectivity index (χ3v) is 5.71. The van der Waals surface area contributed by atoms with E-state index in [9.17, 15) is 10.1 Å². The van der Waals surface area contributed by atoms with Crippen molar-refractivity contribution < 1.29 is 9.53 Å². The molecule has 118 valence electrons. The molecule has 0 unspecified atom stereocenters. The van der Waals surface area contributed by atoms with Gasteiger partial charge in [0.05, 0.1) is 18.4 Å². The molecule has 0 fully saturated rings. The van der Waals surface area contributed by atoms with Crippen LogP contribution in [0.4, 0.5) is 0 Å². The van der Waals surface area contributed by atoms with E-state index in [4.69, 9.17) is 9.72 Å². The summed E-state index contributed by atoms with van der Waals surface area (Å²) in [6.45, 7) is 0. The van der Waals surface area contributed by atoms with Crippen LogP contribution in [0.1, 0.15) is 29.7 Å². The molecule has 0 amide bonds. The monoisotopic (exact) mass is 344 g/mol. The van der Waals surface area contributed by atoms with E-state index >= 15 is 0 Å². The first kappa shape index (κ1) is 16.0. The van der Waals surface area contributed by atoms with Gasteiger partial charge in [-0.3, -0.25) is 4.79 Å². The lowest BCUT2D eigenvalue weighted by atomic mass is 9.89. The number of carbonyl (C=O) groups is 1. The van der Waals surface area contributed by atoms with Crippen molar-refractivity contribution in [1.29, 1.82) is 5.26 Å². The number of carbonyl (C=O) groups excluding carboxylic acids is 1. The fourth-order valence-corrected chi connectivity index (χ4v) is 4.45. The third-order valence-electron chi connectivity index (χ3n) is 3.87. The van der Waals surface area contributed by atoms with Crippen molar-refractivity contribution in [3.8, 4) is 16.5 Å². The van der Waals surface area contributed by atoms with E-state index in [-0.39, 0.29) is 11.7 Å². The molecule has 4 nitrogen and oxygen atoms in total. The molecule has 0 bridgehead atoms. The summed E-state index contributed by atoms with van der Waals surface area (Å²) in [5, 5.41) is 12.4. The minimum absolute atomic E-state index is 0.168. The van der Waals surface area contributed by atoms with Gasteiger partial charge in [0.1, 0.15) is 11.1 Å². The van der Waals surface area contributed by atoms with E-state index in [1.807, 2.05) is 17.5 Å². The summed E-state index contributed by atoms with van der Waals surface area (Å²) in [5.41, 5.74) is 3.88. The van der Waals surface area contributed by atoms with Crippen LogP contribution in [0.2, 0.25) is 0 Å². The highest BCUT2D eigenvalue weighted by atomic mass is 32.2. The summed E-state index contributed by atoms with van der Waals surface area (Å²) in [6, 6.07) is 6.36. The number of thioether (sulfide) groups is 1. The van der Waals surface area contributed by atoms with Gasteiger partial charge in [0.2, 0.25) is 0 Å².